The Morgan fingerprint density at radius 1 is 1.53 bits per heavy atom. The highest BCUT2D eigenvalue weighted by molar-refractivity contribution is 5.11. The summed E-state index contributed by atoms with van der Waals surface area (Å²) in [4.78, 5) is 4.45. The molecule has 1 aromatic rings. The molecule has 0 aromatic carbocycles. The van der Waals surface area contributed by atoms with Crippen molar-refractivity contribution in [1.82, 2.24) is 10.1 Å². The predicted octanol–water partition coefficient (Wildman–Crippen LogP) is 1.27. The molecule has 0 saturated carbocycles. The Labute approximate surface area is 102 Å². The van der Waals surface area contributed by atoms with Crippen molar-refractivity contribution in [3.05, 3.63) is 11.7 Å². The van der Waals surface area contributed by atoms with Crippen molar-refractivity contribution in [3.63, 3.8) is 0 Å². The smallest absolute Gasteiger partial charge is 0.236 e. The van der Waals surface area contributed by atoms with E-state index in [-0.39, 0.29) is 11.5 Å². The molecule has 1 saturated heterocycles. The van der Waals surface area contributed by atoms with Crippen LogP contribution in [0.2, 0.25) is 0 Å². The van der Waals surface area contributed by atoms with Crippen LogP contribution < -0.4 is 5.73 Å². The Balaban J connectivity index is 2.07. The summed E-state index contributed by atoms with van der Waals surface area (Å²) in [6, 6.07) is -0.0686. The average Bonchev–Trinajstić information content (AvgIpc) is 2.85. The van der Waals surface area contributed by atoms with Crippen LogP contribution in [-0.4, -0.2) is 29.4 Å². The second-order valence-electron chi connectivity index (χ2n) is 5.49. The van der Waals surface area contributed by atoms with E-state index in [9.17, 15) is 0 Å². The molecule has 2 N–H and O–H groups in total. The van der Waals surface area contributed by atoms with Gasteiger partial charge in [-0.15, -0.1) is 0 Å². The van der Waals surface area contributed by atoms with Gasteiger partial charge in [0.1, 0.15) is 0 Å². The lowest BCUT2D eigenvalue weighted by Crippen LogP contribution is -2.42. The minimum Gasteiger partial charge on any atom is -0.379 e. The van der Waals surface area contributed by atoms with Crippen LogP contribution in [-0.2, 0) is 16.6 Å². The molecule has 2 unspecified atom stereocenters. The van der Waals surface area contributed by atoms with E-state index in [2.05, 4.69) is 24.0 Å². The van der Waals surface area contributed by atoms with Gasteiger partial charge in [0.2, 0.25) is 5.89 Å². The molecule has 1 aliphatic rings. The van der Waals surface area contributed by atoms with E-state index in [1.807, 2.05) is 6.92 Å². The number of aryl methyl sites for hydroxylation is 1. The fraction of sp³-hybridized carbons (Fsp3) is 0.833. The molecule has 0 amide bonds. The van der Waals surface area contributed by atoms with E-state index < -0.39 is 0 Å². The monoisotopic (exact) mass is 239 g/mol. The predicted molar refractivity (Wildman–Crippen MR) is 63.6 cm³/mol. The molecule has 0 bridgehead atoms. The van der Waals surface area contributed by atoms with Gasteiger partial charge in [-0.25, -0.2) is 0 Å². The van der Waals surface area contributed by atoms with Crippen molar-refractivity contribution in [2.24, 2.45) is 11.7 Å². The zero-order valence-corrected chi connectivity index (χ0v) is 10.8. The first-order chi connectivity index (χ1) is 8.02. The van der Waals surface area contributed by atoms with Crippen LogP contribution in [0.4, 0.5) is 0 Å². The van der Waals surface area contributed by atoms with Crippen molar-refractivity contribution in [2.75, 3.05) is 13.2 Å². The Bertz CT molecular complexity index is 378. The highest BCUT2D eigenvalue weighted by Crippen LogP contribution is 2.30. The third-order valence-electron chi connectivity index (χ3n) is 3.42. The molecule has 2 heterocycles. The van der Waals surface area contributed by atoms with Crippen LogP contribution in [0, 0.1) is 5.92 Å². The van der Waals surface area contributed by atoms with E-state index in [1.165, 1.54) is 0 Å². The summed E-state index contributed by atoms with van der Waals surface area (Å²) in [7, 11) is 0. The Morgan fingerprint density at radius 2 is 2.29 bits per heavy atom. The first-order valence-corrected chi connectivity index (χ1v) is 6.19. The first kappa shape index (κ1) is 12.5. The Hall–Kier alpha value is -0.940. The van der Waals surface area contributed by atoms with E-state index >= 15 is 0 Å². The van der Waals surface area contributed by atoms with Gasteiger partial charge in [-0.1, -0.05) is 19.0 Å². The molecule has 0 radical (unpaired) electrons. The van der Waals surface area contributed by atoms with Crippen molar-refractivity contribution in [3.8, 4) is 0 Å². The van der Waals surface area contributed by atoms with Gasteiger partial charge in [0.15, 0.2) is 5.82 Å². The molecule has 1 aromatic heterocycles. The standard InChI is InChI=1S/C12H21N3O2/c1-8(2)4-5-10-14-11(17-15-10)12(3)7-16-6-9(12)13/h8-9H,4-7,13H2,1-3H3. The van der Waals surface area contributed by atoms with Gasteiger partial charge in [-0.05, 0) is 19.3 Å². The lowest BCUT2D eigenvalue weighted by molar-refractivity contribution is 0.169. The summed E-state index contributed by atoms with van der Waals surface area (Å²) in [5, 5.41) is 4.02. The number of nitrogens with two attached hydrogens (primary N) is 1. The lowest BCUT2D eigenvalue weighted by atomic mass is 9.86. The molecule has 5 nitrogen and oxygen atoms in total. The van der Waals surface area contributed by atoms with E-state index in [0.29, 0.717) is 25.0 Å². The van der Waals surface area contributed by atoms with Crippen LogP contribution in [0.5, 0.6) is 0 Å². The molecule has 2 rings (SSSR count). The first-order valence-electron chi connectivity index (χ1n) is 6.19. The van der Waals surface area contributed by atoms with Crippen molar-refractivity contribution >= 4 is 0 Å². The molecule has 96 valence electrons. The molecule has 1 aliphatic heterocycles. The maximum atomic E-state index is 6.02. The summed E-state index contributed by atoms with van der Waals surface area (Å²) in [5.41, 5.74) is 5.69. The summed E-state index contributed by atoms with van der Waals surface area (Å²) in [6.07, 6.45) is 1.92. The second kappa shape index (κ2) is 4.74. The topological polar surface area (TPSA) is 74.2 Å². The molecular weight excluding hydrogens is 218 g/mol. The van der Waals surface area contributed by atoms with Gasteiger partial charge in [0.05, 0.1) is 18.6 Å². The maximum absolute atomic E-state index is 6.02. The summed E-state index contributed by atoms with van der Waals surface area (Å²) in [6.45, 7) is 7.50. The van der Waals surface area contributed by atoms with Gasteiger partial charge in [0.25, 0.3) is 0 Å². The second-order valence-corrected chi connectivity index (χ2v) is 5.49. The molecular formula is C12H21N3O2. The van der Waals surface area contributed by atoms with E-state index in [1.54, 1.807) is 0 Å². The van der Waals surface area contributed by atoms with Gasteiger partial charge in [-0.2, -0.15) is 4.98 Å². The summed E-state index contributed by atoms with van der Waals surface area (Å²) < 4.78 is 10.7. The minimum atomic E-state index is -0.330. The maximum Gasteiger partial charge on any atom is 0.236 e. The quantitative estimate of drug-likeness (QED) is 0.856. The number of aromatic nitrogens is 2. The normalized spacial score (nSPS) is 29.1. The molecule has 0 aliphatic carbocycles. The zero-order valence-electron chi connectivity index (χ0n) is 10.8. The number of rotatable bonds is 4. The van der Waals surface area contributed by atoms with Crippen LogP contribution >= 0.6 is 0 Å². The van der Waals surface area contributed by atoms with E-state index in [0.717, 1.165) is 18.7 Å². The van der Waals surface area contributed by atoms with Gasteiger partial charge >= 0.3 is 0 Å². The van der Waals surface area contributed by atoms with Crippen LogP contribution in [0.25, 0.3) is 0 Å². The largest absolute Gasteiger partial charge is 0.379 e. The number of hydrogen-bond acceptors (Lipinski definition) is 5. The minimum absolute atomic E-state index is 0.0686. The number of nitrogens with zero attached hydrogens (tertiary/aromatic N) is 2. The number of ether oxygens (including phenoxy) is 1. The lowest BCUT2D eigenvalue weighted by Gasteiger charge is -2.21. The van der Waals surface area contributed by atoms with Gasteiger partial charge in [0, 0.05) is 12.5 Å². The summed E-state index contributed by atoms with van der Waals surface area (Å²) >= 11 is 0. The third kappa shape index (κ3) is 2.50. The third-order valence-corrected chi connectivity index (χ3v) is 3.42. The highest BCUT2D eigenvalue weighted by atomic mass is 16.5. The van der Waals surface area contributed by atoms with Crippen molar-refractivity contribution < 1.29 is 9.26 Å². The van der Waals surface area contributed by atoms with Crippen LogP contribution in [0.15, 0.2) is 4.52 Å². The molecule has 0 spiro atoms. The molecule has 5 heteroatoms. The fourth-order valence-electron chi connectivity index (χ4n) is 1.91. The Morgan fingerprint density at radius 3 is 2.88 bits per heavy atom. The molecule has 2 atom stereocenters. The number of hydrogen-bond donors (Lipinski definition) is 1. The van der Waals surface area contributed by atoms with Crippen molar-refractivity contribution in [1.29, 1.82) is 0 Å². The average molecular weight is 239 g/mol. The molecule has 1 fully saturated rings. The van der Waals surface area contributed by atoms with Crippen molar-refractivity contribution in [2.45, 2.75) is 45.1 Å². The van der Waals surface area contributed by atoms with Gasteiger partial charge in [-0.3, -0.25) is 0 Å². The van der Waals surface area contributed by atoms with Crippen LogP contribution in [0.1, 0.15) is 38.9 Å². The van der Waals surface area contributed by atoms with Gasteiger partial charge < -0.3 is 15.0 Å². The van der Waals surface area contributed by atoms with Crippen LogP contribution in [0.3, 0.4) is 0 Å². The summed E-state index contributed by atoms with van der Waals surface area (Å²) in [5.74, 6) is 2.03. The zero-order chi connectivity index (χ0) is 12.5. The fourth-order valence-corrected chi connectivity index (χ4v) is 1.91. The van der Waals surface area contributed by atoms with E-state index in [4.69, 9.17) is 15.0 Å². The Kier molecular flexibility index (Phi) is 3.49. The molecule has 17 heavy (non-hydrogen) atoms. The highest BCUT2D eigenvalue weighted by Gasteiger charge is 2.44. The SMILES string of the molecule is CC(C)CCc1noc(C2(C)COCC2N)n1.